The maximum Gasteiger partial charge on any atom is 0.258 e. The zero-order valence-electron chi connectivity index (χ0n) is 18.5. The number of nitrogens with zero attached hydrogens (tertiary/aromatic N) is 3. The van der Waals surface area contributed by atoms with Gasteiger partial charge >= 0.3 is 0 Å². The Bertz CT molecular complexity index is 1220. The van der Waals surface area contributed by atoms with Gasteiger partial charge in [-0.05, 0) is 35.7 Å². The van der Waals surface area contributed by atoms with Gasteiger partial charge in [0.15, 0.2) is 0 Å². The molecule has 2 aliphatic heterocycles. The molecule has 2 aromatic carbocycles. The summed E-state index contributed by atoms with van der Waals surface area (Å²) >= 11 is 0. The topological polar surface area (TPSA) is 108 Å². The fourth-order valence-electron chi connectivity index (χ4n) is 4.47. The number of carbonyl (C=O) groups is 2. The number of fused-ring (bicyclic) bond motifs is 2. The van der Waals surface area contributed by atoms with E-state index in [0.29, 0.717) is 57.0 Å². The third-order valence-electron chi connectivity index (χ3n) is 6.24. The predicted molar refractivity (Wildman–Crippen MR) is 120 cm³/mol. The van der Waals surface area contributed by atoms with Gasteiger partial charge in [0, 0.05) is 44.6 Å². The second-order valence-corrected chi connectivity index (χ2v) is 8.44. The van der Waals surface area contributed by atoms with Gasteiger partial charge in [0.05, 0.1) is 29.9 Å². The van der Waals surface area contributed by atoms with Crippen molar-refractivity contribution < 1.29 is 24.2 Å². The van der Waals surface area contributed by atoms with E-state index in [1.54, 1.807) is 23.0 Å². The maximum atomic E-state index is 13.3. The first kappa shape index (κ1) is 21.3. The number of aromatic hydroxyl groups is 1. The van der Waals surface area contributed by atoms with Crippen LogP contribution in [0, 0.1) is 0 Å². The molecule has 0 radical (unpaired) electrons. The summed E-state index contributed by atoms with van der Waals surface area (Å²) in [6.45, 7) is 2.96. The number of aromatic amines is 1. The van der Waals surface area contributed by atoms with E-state index in [1.807, 2.05) is 18.2 Å². The van der Waals surface area contributed by atoms with E-state index in [2.05, 4.69) is 10.2 Å². The quantitative estimate of drug-likeness (QED) is 0.536. The molecule has 0 unspecified atom stereocenters. The van der Waals surface area contributed by atoms with Gasteiger partial charge in [0.2, 0.25) is 5.91 Å². The summed E-state index contributed by atoms with van der Waals surface area (Å²) in [5.41, 5.74) is 3.63. The highest BCUT2D eigenvalue weighted by Gasteiger charge is 2.28. The molecular formula is C24H26N4O5. The molecule has 0 saturated carbocycles. The van der Waals surface area contributed by atoms with Crippen molar-refractivity contribution in [3.05, 3.63) is 52.7 Å². The molecule has 172 valence electrons. The van der Waals surface area contributed by atoms with Crippen molar-refractivity contribution in [2.24, 2.45) is 0 Å². The number of methoxy groups -OCH3 is 1. The summed E-state index contributed by atoms with van der Waals surface area (Å²) in [7, 11) is 1.63. The number of benzene rings is 2. The normalized spacial score (nSPS) is 15.5. The van der Waals surface area contributed by atoms with Crippen LogP contribution in [0.3, 0.4) is 0 Å². The minimum Gasteiger partial charge on any atom is -0.507 e. The monoisotopic (exact) mass is 450 g/mol. The second-order valence-electron chi connectivity index (χ2n) is 8.44. The van der Waals surface area contributed by atoms with Crippen LogP contribution in [0.15, 0.2) is 30.3 Å². The predicted octanol–water partition coefficient (Wildman–Crippen LogP) is 2.57. The number of rotatable bonds is 7. The SMILES string of the molecule is COCCOc1ccc2c(c1)CN(C(=O)c1cc3c(CN4CCCC4=O)n[nH]c3cc1O)C2. The average Bonchev–Trinajstić information content (AvgIpc) is 3.52. The lowest BCUT2D eigenvalue weighted by Gasteiger charge is -2.17. The van der Waals surface area contributed by atoms with Gasteiger partial charge in [-0.3, -0.25) is 14.7 Å². The van der Waals surface area contributed by atoms with Crippen molar-refractivity contribution in [3.8, 4) is 11.5 Å². The largest absolute Gasteiger partial charge is 0.507 e. The van der Waals surface area contributed by atoms with Crippen LogP contribution in [0.1, 0.15) is 40.0 Å². The van der Waals surface area contributed by atoms with Gasteiger partial charge in [-0.1, -0.05) is 6.07 Å². The molecule has 9 heteroatoms. The van der Waals surface area contributed by atoms with Gasteiger partial charge in [0.1, 0.15) is 18.1 Å². The van der Waals surface area contributed by atoms with Crippen LogP contribution in [-0.4, -0.2) is 63.8 Å². The van der Waals surface area contributed by atoms with E-state index in [0.717, 1.165) is 28.7 Å². The molecule has 0 spiro atoms. The molecule has 1 saturated heterocycles. The lowest BCUT2D eigenvalue weighted by atomic mass is 10.1. The van der Waals surface area contributed by atoms with E-state index in [4.69, 9.17) is 9.47 Å². The number of H-pyrrole nitrogens is 1. The summed E-state index contributed by atoms with van der Waals surface area (Å²) in [6, 6.07) is 9.01. The van der Waals surface area contributed by atoms with E-state index >= 15 is 0 Å². The molecule has 2 N–H and O–H groups in total. The van der Waals surface area contributed by atoms with E-state index < -0.39 is 0 Å². The molecule has 3 aromatic rings. The minimum absolute atomic E-state index is 0.0977. The number of hydrogen-bond donors (Lipinski definition) is 2. The number of carbonyl (C=O) groups excluding carboxylic acids is 2. The Hall–Kier alpha value is -3.59. The van der Waals surface area contributed by atoms with Crippen LogP contribution in [-0.2, 0) is 29.2 Å². The fraction of sp³-hybridized carbons (Fsp3) is 0.375. The van der Waals surface area contributed by atoms with Crippen molar-refractivity contribution in [1.82, 2.24) is 20.0 Å². The molecule has 1 fully saturated rings. The van der Waals surface area contributed by atoms with Crippen molar-refractivity contribution >= 4 is 22.7 Å². The zero-order chi connectivity index (χ0) is 22.9. The number of nitrogens with one attached hydrogen (secondary N) is 1. The summed E-state index contributed by atoms with van der Waals surface area (Å²) < 4.78 is 10.7. The number of phenolic OH excluding ortho intramolecular Hbond substituents is 1. The van der Waals surface area contributed by atoms with Gasteiger partial charge in [-0.2, -0.15) is 5.10 Å². The summed E-state index contributed by atoms with van der Waals surface area (Å²) in [5, 5.41) is 18.5. The van der Waals surface area contributed by atoms with Gasteiger partial charge < -0.3 is 24.4 Å². The highest BCUT2D eigenvalue weighted by atomic mass is 16.5. The number of phenols is 1. The Morgan fingerprint density at radius 2 is 2.03 bits per heavy atom. The second kappa shape index (κ2) is 8.74. The van der Waals surface area contributed by atoms with Crippen molar-refractivity contribution in [3.63, 3.8) is 0 Å². The van der Waals surface area contributed by atoms with Crippen molar-refractivity contribution in [1.29, 1.82) is 0 Å². The lowest BCUT2D eigenvalue weighted by molar-refractivity contribution is -0.128. The lowest BCUT2D eigenvalue weighted by Crippen LogP contribution is -2.25. The highest BCUT2D eigenvalue weighted by Crippen LogP contribution is 2.32. The molecule has 0 aliphatic carbocycles. The molecule has 9 nitrogen and oxygen atoms in total. The summed E-state index contributed by atoms with van der Waals surface area (Å²) in [5.74, 6) is 0.502. The Labute approximate surface area is 190 Å². The number of hydrogen-bond acceptors (Lipinski definition) is 6. The first-order valence-corrected chi connectivity index (χ1v) is 11.0. The van der Waals surface area contributed by atoms with Crippen LogP contribution in [0.4, 0.5) is 0 Å². The van der Waals surface area contributed by atoms with E-state index in [-0.39, 0.29) is 23.1 Å². The molecule has 2 aliphatic rings. The fourth-order valence-corrected chi connectivity index (χ4v) is 4.47. The first-order valence-electron chi connectivity index (χ1n) is 11.0. The zero-order valence-corrected chi connectivity index (χ0v) is 18.5. The summed E-state index contributed by atoms with van der Waals surface area (Å²) in [6.07, 6.45) is 1.40. The number of amides is 2. The molecule has 5 rings (SSSR count). The number of likely N-dealkylation sites (tertiary alicyclic amines) is 1. The van der Waals surface area contributed by atoms with Crippen LogP contribution in [0.2, 0.25) is 0 Å². The average molecular weight is 450 g/mol. The van der Waals surface area contributed by atoms with Gasteiger partial charge in [0.25, 0.3) is 5.91 Å². The van der Waals surface area contributed by atoms with Crippen molar-refractivity contribution in [2.75, 3.05) is 26.9 Å². The van der Waals surface area contributed by atoms with Gasteiger partial charge in [-0.25, -0.2) is 0 Å². The van der Waals surface area contributed by atoms with Crippen LogP contribution < -0.4 is 4.74 Å². The van der Waals surface area contributed by atoms with Crippen LogP contribution >= 0.6 is 0 Å². The molecule has 33 heavy (non-hydrogen) atoms. The number of aromatic nitrogens is 2. The maximum absolute atomic E-state index is 13.3. The molecule has 3 heterocycles. The molecule has 0 atom stereocenters. The Morgan fingerprint density at radius 3 is 2.82 bits per heavy atom. The Kier molecular flexibility index (Phi) is 5.63. The minimum atomic E-state index is -0.253. The van der Waals surface area contributed by atoms with E-state index in [1.165, 1.54) is 6.07 Å². The summed E-state index contributed by atoms with van der Waals surface area (Å²) in [4.78, 5) is 28.8. The Balaban J connectivity index is 1.36. The Morgan fingerprint density at radius 1 is 1.18 bits per heavy atom. The van der Waals surface area contributed by atoms with Crippen LogP contribution in [0.5, 0.6) is 11.5 Å². The third kappa shape index (κ3) is 4.11. The molecule has 0 bridgehead atoms. The van der Waals surface area contributed by atoms with Crippen LogP contribution in [0.25, 0.3) is 10.9 Å². The first-order chi connectivity index (χ1) is 16.0. The standard InChI is InChI=1S/C24H26N4O5/c1-32-7-8-33-17-5-4-15-12-28(13-16(15)9-17)24(31)19-10-18-20(11-22(19)29)25-26-21(18)14-27-6-2-3-23(27)30/h4-5,9-11,29H,2-3,6-8,12-14H2,1H3,(H,25,26). The van der Waals surface area contributed by atoms with Gasteiger partial charge in [-0.15, -0.1) is 0 Å². The number of ether oxygens (including phenoxy) is 2. The molecule has 2 amide bonds. The van der Waals surface area contributed by atoms with E-state index in [9.17, 15) is 14.7 Å². The third-order valence-corrected chi connectivity index (χ3v) is 6.24. The smallest absolute Gasteiger partial charge is 0.258 e. The highest BCUT2D eigenvalue weighted by molar-refractivity contribution is 6.01. The van der Waals surface area contributed by atoms with Crippen molar-refractivity contribution in [2.45, 2.75) is 32.5 Å². The molecular weight excluding hydrogens is 424 g/mol. The molecule has 1 aromatic heterocycles.